The van der Waals surface area contributed by atoms with Crippen LogP contribution in [0.3, 0.4) is 0 Å². The summed E-state index contributed by atoms with van der Waals surface area (Å²) in [6.07, 6.45) is 0. The molecule has 0 atom stereocenters. The summed E-state index contributed by atoms with van der Waals surface area (Å²) in [6, 6.07) is 13.7. The molecule has 0 fully saturated rings. The zero-order valence-corrected chi connectivity index (χ0v) is 11.9. The van der Waals surface area contributed by atoms with Crippen molar-refractivity contribution in [3.8, 4) is 0 Å². The van der Waals surface area contributed by atoms with Gasteiger partial charge in [0.25, 0.3) is 0 Å². The largest absolute Gasteiger partial charge is 0.262 e. The van der Waals surface area contributed by atoms with E-state index in [4.69, 9.17) is 23.2 Å². The highest BCUT2D eigenvalue weighted by Crippen LogP contribution is 2.29. The lowest BCUT2D eigenvalue weighted by atomic mass is 10.1. The maximum absolute atomic E-state index is 11.2. The third-order valence-corrected chi connectivity index (χ3v) is 3.21. The van der Waals surface area contributed by atoms with Gasteiger partial charge in [0.2, 0.25) is 0 Å². The minimum Gasteiger partial charge on any atom is -0.262 e. The monoisotopic (exact) mass is 304 g/mol. The molecule has 100 valence electrons. The van der Waals surface area contributed by atoms with Crippen molar-refractivity contribution in [1.82, 2.24) is 0 Å². The molecule has 5 heteroatoms. The van der Waals surface area contributed by atoms with Crippen molar-refractivity contribution < 1.29 is 0 Å². The molecule has 0 aliphatic carbocycles. The summed E-state index contributed by atoms with van der Waals surface area (Å²) in [5, 5.41) is 4.26. The van der Waals surface area contributed by atoms with Crippen molar-refractivity contribution in [2.24, 2.45) is 10.2 Å². The molecule has 3 nitrogen and oxygen atoms in total. The maximum atomic E-state index is 11.2. The first-order chi connectivity index (χ1) is 9.65. The molecule has 0 spiro atoms. The molecular formula is C15H10Cl2N2O. The van der Waals surface area contributed by atoms with Crippen LogP contribution >= 0.6 is 23.2 Å². The highest BCUT2D eigenvalue weighted by Gasteiger charge is 2.11. The maximum Gasteiger partial charge on any atom is 0.141 e. The molecule has 2 aromatic carbocycles. The van der Waals surface area contributed by atoms with E-state index in [1.807, 2.05) is 0 Å². The van der Waals surface area contributed by atoms with E-state index in [0.29, 0.717) is 26.9 Å². The second-order valence-electron chi connectivity index (χ2n) is 3.96. The molecule has 0 N–H and O–H groups in total. The average molecular weight is 305 g/mol. The van der Waals surface area contributed by atoms with Crippen LogP contribution in [0.5, 0.6) is 0 Å². The number of benzene rings is 2. The summed E-state index contributed by atoms with van der Waals surface area (Å²) in [5.41, 5.74) is 1.95. The van der Waals surface area contributed by atoms with Crippen molar-refractivity contribution in [3.63, 3.8) is 0 Å². The lowest BCUT2D eigenvalue weighted by Gasteiger charge is -2.06. The summed E-state index contributed by atoms with van der Waals surface area (Å²) in [4.78, 5) is 15.1. The molecule has 2 aromatic rings. The van der Waals surface area contributed by atoms with Crippen molar-refractivity contribution >= 4 is 41.3 Å². The molecule has 0 aliphatic heterocycles. The van der Waals surface area contributed by atoms with Crippen molar-refractivity contribution in [1.29, 1.82) is 0 Å². The van der Waals surface area contributed by atoms with Gasteiger partial charge in [-0.1, -0.05) is 47.5 Å². The molecule has 0 bridgehead atoms. The minimum atomic E-state index is 0.207. The predicted octanol–water partition coefficient (Wildman–Crippen LogP) is 5.29. The Kier molecular flexibility index (Phi) is 4.66. The minimum absolute atomic E-state index is 0.207. The van der Waals surface area contributed by atoms with Gasteiger partial charge >= 0.3 is 0 Å². The molecule has 0 amide bonds. The first-order valence-corrected chi connectivity index (χ1v) is 6.47. The molecule has 2 rings (SSSR count). The van der Waals surface area contributed by atoms with Gasteiger partial charge in [0.15, 0.2) is 0 Å². The number of rotatable bonds is 4. The van der Waals surface area contributed by atoms with Gasteiger partial charge in [-0.25, -0.2) is 0 Å². The lowest BCUT2D eigenvalue weighted by Crippen LogP contribution is -1.88. The topological polar surface area (TPSA) is 41.8 Å². The predicted molar refractivity (Wildman–Crippen MR) is 85.1 cm³/mol. The smallest absolute Gasteiger partial charge is 0.141 e. The van der Waals surface area contributed by atoms with Crippen LogP contribution in [0.1, 0.15) is 11.1 Å². The quantitative estimate of drug-likeness (QED) is 0.430. The van der Waals surface area contributed by atoms with Crippen LogP contribution < -0.4 is 0 Å². The zero-order chi connectivity index (χ0) is 14.5. The second-order valence-corrected chi connectivity index (χ2v) is 4.83. The first kappa shape index (κ1) is 14.4. The highest BCUT2D eigenvalue weighted by atomic mass is 35.5. The van der Waals surface area contributed by atoms with E-state index < -0.39 is 0 Å². The molecule has 0 aliphatic rings. The van der Waals surface area contributed by atoms with E-state index in [2.05, 4.69) is 16.9 Å². The van der Waals surface area contributed by atoms with E-state index in [9.17, 15) is 4.91 Å². The van der Waals surface area contributed by atoms with Crippen LogP contribution in [-0.2, 0) is 0 Å². The van der Waals surface area contributed by atoms with Crippen molar-refractivity contribution in [3.05, 3.63) is 74.6 Å². The van der Waals surface area contributed by atoms with Gasteiger partial charge < -0.3 is 0 Å². The molecule has 0 unspecified atom stereocenters. The van der Waals surface area contributed by atoms with Crippen LogP contribution in [0.15, 0.2) is 58.7 Å². The van der Waals surface area contributed by atoms with Gasteiger partial charge in [0.05, 0.1) is 5.70 Å². The first-order valence-electron chi connectivity index (χ1n) is 5.72. The van der Waals surface area contributed by atoms with Crippen LogP contribution in [0.25, 0.3) is 11.4 Å². The third kappa shape index (κ3) is 3.13. The van der Waals surface area contributed by atoms with Crippen LogP contribution in [0.4, 0.5) is 0 Å². The standard InChI is InChI=1S/C15H10Cl2N2O/c1-18-14(10-2-6-12(16)7-3-10)15(19-20)11-4-8-13(17)9-5-11/h2-9H,1H2/b15-14-. The zero-order valence-electron chi connectivity index (χ0n) is 10.4. The fourth-order valence-electron chi connectivity index (χ4n) is 1.75. The molecule has 0 aromatic heterocycles. The molecule has 0 saturated carbocycles. The molecule has 0 saturated heterocycles. The Balaban J connectivity index is 2.58. The van der Waals surface area contributed by atoms with Crippen molar-refractivity contribution in [2.75, 3.05) is 0 Å². The summed E-state index contributed by atoms with van der Waals surface area (Å²) in [7, 11) is 0. The van der Waals surface area contributed by atoms with Gasteiger partial charge in [-0.15, -0.1) is 4.91 Å². The number of halogens is 2. The number of nitrogens with zero attached hydrogens (tertiary/aromatic N) is 2. The number of hydrogen-bond acceptors (Lipinski definition) is 3. The molecule has 20 heavy (non-hydrogen) atoms. The second kappa shape index (κ2) is 6.46. The number of nitroso groups, excluding NO2 is 1. The average Bonchev–Trinajstić information content (AvgIpc) is 2.47. The lowest BCUT2D eigenvalue weighted by molar-refractivity contribution is 1.43. The molecule has 0 radical (unpaired) electrons. The van der Waals surface area contributed by atoms with Gasteiger partial charge in [0.1, 0.15) is 5.70 Å². The summed E-state index contributed by atoms with van der Waals surface area (Å²) in [5.74, 6) is 0. The normalized spacial score (nSPS) is 11.7. The van der Waals surface area contributed by atoms with Gasteiger partial charge in [-0.05, 0) is 36.2 Å². The number of hydrogen-bond donors (Lipinski definition) is 0. The fraction of sp³-hybridized carbons (Fsp3) is 0. The Morgan fingerprint density at radius 3 is 1.55 bits per heavy atom. The van der Waals surface area contributed by atoms with Crippen molar-refractivity contribution in [2.45, 2.75) is 0 Å². The van der Waals surface area contributed by atoms with Crippen LogP contribution in [0.2, 0.25) is 10.0 Å². The van der Waals surface area contributed by atoms with E-state index in [1.54, 1.807) is 48.5 Å². The highest BCUT2D eigenvalue weighted by molar-refractivity contribution is 6.30. The summed E-state index contributed by atoms with van der Waals surface area (Å²) >= 11 is 11.7. The fourth-order valence-corrected chi connectivity index (χ4v) is 2.00. The van der Waals surface area contributed by atoms with Gasteiger partial charge in [0, 0.05) is 21.2 Å². The van der Waals surface area contributed by atoms with Gasteiger partial charge in [-0.2, -0.15) is 0 Å². The number of aliphatic imine (C=N–C) groups is 1. The molecule has 0 heterocycles. The Morgan fingerprint density at radius 2 is 1.20 bits per heavy atom. The Hall–Kier alpha value is -1.97. The van der Waals surface area contributed by atoms with E-state index >= 15 is 0 Å². The Morgan fingerprint density at radius 1 is 0.800 bits per heavy atom. The van der Waals surface area contributed by atoms with Gasteiger partial charge in [-0.3, -0.25) is 4.99 Å². The molecular weight excluding hydrogens is 295 g/mol. The van der Waals surface area contributed by atoms with Crippen LogP contribution in [0, 0.1) is 4.91 Å². The van der Waals surface area contributed by atoms with E-state index in [0.717, 1.165) is 0 Å². The van der Waals surface area contributed by atoms with Crippen LogP contribution in [-0.4, -0.2) is 6.72 Å². The van der Waals surface area contributed by atoms with E-state index in [-0.39, 0.29) is 5.70 Å². The SMILES string of the molecule is C=N/C(=C(\N=O)c1ccc(Cl)cc1)c1ccc(Cl)cc1. The Bertz CT molecular complexity index is 602. The third-order valence-electron chi connectivity index (χ3n) is 2.71. The Labute approximate surface area is 126 Å². The van der Waals surface area contributed by atoms with E-state index in [1.165, 1.54) is 0 Å². The summed E-state index contributed by atoms with van der Waals surface area (Å²) in [6.45, 7) is 3.51. The summed E-state index contributed by atoms with van der Waals surface area (Å²) < 4.78 is 0.